The molecule has 0 aliphatic carbocycles. The highest BCUT2D eigenvalue weighted by Crippen LogP contribution is 2.27. The molecule has 1 aromatic rings. The van der Waals surface area contributed by atoms with E-state index in [9.17, 15) is 0 Å². The van der Waals surface area contributed by atoms with E-state index in [0.29, 0.717) is 17.2 Å². The monoisotopic (exact) mass is 225 g/mol. The van der Waals surface area contributed by atoms with Crippen LogP contribution in [0.15, 0.2) is 12.3 Å². The second-order valence-corrected chi connectivity index (χ2v) is 4.58. The Bertz CT molecular complexity index is 342. The van der Waals surface area contributed by atoms with Crippen LogP contribution >= 0.6 is 11.6 Å². The van der Waals surface area contributed by atoms with Crippen molar-refractivity contribution in [1.29, 1.82) is 0 Å². The molecule has 82 valence electrons. The molecule has 1 aliphatic heterocycles. The summed E-state index contributed by atoms with van der Waals surface area (Å²) in [6.07, 6.45) is 4.25. The molecule has 0 amide bonds. The Morgan fingerprint density at radius 3 is 3.00 bits per heavy atom. The van der Waals surface area contributed by atoms with Gasteiger partial charge in [0, 0.05) is 18.8 Å². The first-order chi connectivity index (χ1) is 7.18. The largest absolute Gasteiger partial charge is 0.354 e. The van der Waals surface area contributed by atoms with Crippen molar-refractivity contribution in [2.75, 3.05) is 11.4 Å². The number of rotatable bonds is 1. The van der Waals surface area contributed by atoms with Crippen molar-refractivity contribution < 1.29 is 0 Å². The molecule has 2 rings (SSSR count). The van der Waals surface area contributed by atoms with Crippen LogP contribution in [0.3, 0.4) is 0 Å². The highest BCUT2D eigenvalue weighted by molar-refractivity contribution is 6.28. The third kappa shape index (κ3) is 2.23. The third-order valence-corrected chi connectivity index (χ3v) is 3.46. The molecule has 0 spiro atoms. The van der Waals surface area contributed by atoms with Crippen LogP contribution < -0.4 is 4.90 Å². The van der Waals surface area contributed by atoms with Crippen LogP contribution in [0, 0.1) is 5.92 Å². The Hall–Kier alpha value is -0.830. The van der Waals surface area contributed by atoms with Crippen LogP contribution in [0.5, 0.6) is 0 Å². The van der Waals surface area contributed by atoms with Gasteiger partial charge < -0.3 is 4.90 Å². The van der Waals surface area contributed by atoms with Crippen molar-refractivity contribution in [3.63, 3.8) is 0 Å². The van der Waals surface area contributed by atoms with Crippen molar-refractivity contribution in [2.45, 2.75) is 32.7 Å². The lowest BCUT2D eigenvalue weighted by molar-refractivity contribution is 0.361. The average molecular weight is 226 g/mol. The van der Waals surface area contributed by atoms with E-state index < -0.39 is 0 Å². The van der Waals surface area contributed by atoms with Gasteiger partial charge in [-0.05, 0) is 43.4 Å². The lowest BCUT2D eigenvalue weighted by Crippen LogP contribution is -2.42. The average Bonchev–Trinajstić information content (AvgIpc) is 2.22. The minimum atomic E-state index is 0.331. The summed E-state index contributed by atoms with van der Waals surface area (Å²) in [7, 11) is 0. The third-order valence-electron chi connectivity index (χ3n) is 3.28. The summed E-state index contributed by atoms with van der Waals surface area (Å²) in [4.78, 5) is 10.5. The van der Waals surface area contributed by atoms with Gasteiger partial charge in [0.1, 0.15) is 5.82 Å². The molecule has 2 unspecified atom stereocenters. The van der Waals surface area contributed by atoms with Gasteiger partial charge in [0.15, 0.2) is 0 Å². The SMILES string of the molecule is CC1CCCN(c2ccnc(Cl)n2)C1C. The maximum atomic E-state index is 5.80. The minimum absolute atomic E-state index is 0.331. The highest BCUT2D eigenvalue weighted by atomic mass is 35.5. The first-order valence-corrected chi connectivity index (χ1v) is 5.81. The van der Waals surface area contributed by atoms with Crippen LogP contribution in [-0.4, -0.2) is 22.6 Å². The van der Waals surface area contributed by atoms with E-state index in [2.05, 4.69) is 28.7 Å². The zero-order chi connectivity index (χ0) is 10.8. The van der Waals surface area contributed by atoms with Crippen LogP contribution in [0.2, 0.25) is 5.28 Å². The standard InChI is InChI=1S/C11H16ClN3/c1-8-4-3-7-15(9(8)2)10-5-6-13-11(12)14-10/h5-6,8-9H,3-4,7H2,1-2H3. The Morgan fingerprint density at radius 1 is 1.47 bits per heavy atom. The number of anilines is 1. The number of nitrogens with zero attached hydrogens (tertiary/aromatic N) is 3. The number of hydrogen-bond donors (Lipinski definition) is 0. The van der Waals surface area contributed by atoms with Gasteiger partial charge in [-0.25, -0.2) is 9.97 Å². The van der Waals surface area contributed by atoms with E-state index >= 15 is 0 Å². The number of aromatic nitrogens is 2. The fourth-order valence-electron chi connectivity index (χ4n) is 2.14. The second kappa shape index (κ2) is 4.35. The molecule has 0 N–H and O–H groups in total. The zero-order valence-corrected chi connectivity index (χ0v) is 9.91. The molecule has 1 fully saturated rings. The first kappa shape index (κ1) is 10.7. The predicted molar refractivity (Wildman–Crippen MR) is 62.2 cm³/mol. The topological polar surface area (TPSA) is 29.0 Å². The lowest BCUT2D eigenvalue weighted by atomic mass is 9.92. The van der Waals surface area contributed by atoms with E-state index in [1.807, 2.05) is 6.07 Å². The molecule has 2 heterocycles. The van der Waals surface area contributed by atoms with Crippen molar-refractivity contribution >= 4 is 17.4 Å². The fraction of sp³-hybridized carbons (Fsp3) is 0.636. The Kier molecular flexibility index (Phi) is 3.10. The molecular formula is C11H16ClN3. The quantitative estimate of drug-likeness (QED) is 0.689. The van der Waals surface area contributed by atoms with E-state index in [-0.39, 0.29) is 0 Å². The molecule has 1 saturated heterocycles. The van der Waals surface area contributed by atoms with Gasteiger partial charge in [0.25, 0.3) is 0 Å². The molecule has 4 heteroatoms. The molecular weight excluding hydrogens is 210 g/mol. The number of piperidine rings is 1. The molecule has 0 bridgehead atoms. The molecule has 15 heavy (non-hydrogen) atoms. The van der Waals surface area contributed by atoms with Crippen LogP contribution in [0.4, 0.5) is 5.82 Å². The van der Waals surface area contributed by atoms with E-state index in [4.69, 9.17) is 11.6 Å². The summed E-state index contributed by atoms with van der Waals surface area (Å²) in [5, 5.41) is 0.331. The van der Waals surface area contributed by atoms with Crippen molar-refractivity contribution in [3.8, 4) is 0 Å². The summed E-state index contributed by atoms with van der Waals surface area (Å²) < 4.78 is 0. The van der Waals surface area contributed by atoms with Gasteiger partial charge in [0.05, 0.1) is 0 Å². The molecule has 1 aromatic heterocycles. The fourth-order valence-corrected chi connectivity index (χ4v) is 2.29. The molecule has 0 radical (unpaired) electrons. The maximum absolute atomic E-state index is 5.80. The first-order valence-electron chi connectivity index (χ1n) is 5.43. The van der Waals surface area contributed by atoms with Crippen molar-refractivity contribution in [1.82, 2.24) is 9.97 Å². The summed E-state index contributed by atoms with van der Waals surface area (Å²) >= 11 is 5.80. The van der Waals surface area contributed by atoms with Crippen molar-refractivity contribution in [3.05, 3.63) is 17.5 Å². The van der Waals surface area contributed by atoms with Gasteiger partial charge in [-0.2, -0.15) is 0 Å². The molecule has 0 saturated carbocycles. The van der Waals surface area contributed by atoms with Gasteiger partial charge in [0.2, 0.25) is 5.28 Å². The van der Waals surface area contributed by atoms with Gasteiger partial charge >= 0.3 is 0 Å². The summed E-state index contributed by atoms with van der Waals surface area (Å²) in [6, 6.07) is 2.46. The van der Waals surface area contributed by atoms with Crippen LogP contribution in [0.1, 0.15) is 26.7 Å². The highest BCUT2D eigenvalue weighted by Gasteiger charge is 2.25. The summed E-state index contributed by atoms with van der Waals surface area (Å²) in [5.41, 5.74) is 0. The Morgan fingerprint density at radius 2 is 2.27 bits per heavy atom. The van der Waals surface area contributed by atoms with E-state index in [0.717, 1.165) is 12.4 Å². The molecule has 0 aromatic carbocycles. The number of halogens is 1. The smallest absolute Gasteiger partial charge is 0.224 e. The van der Waals surface area contributed by atoms with Crippen molar-refractivity contribution in [2.24, 2.45) is 5.92 Å². The Labute approximate surface area is 95.5 Å². The normalized spacial score (nSPS) is 26.7. The van der Waals surface area contributed by atoms with Gasteiger partial charge in [-0.1, -0.05) is 6.92 Å². The lowest BCUT2D eigenvalue weighted by Gasteiger charge is -2.38. The van der Waals surface area contributed by atoms with Gasteiger partial charge in [-0.3, -0.25) is 0 Å². The molecule has 2 atom stereocenters. The van der Waals surface area contributed by atoms with E-state index in [1.165, 1.54) is 12.8 Å². The maximum Gasteiger partial charge on any atom is 0.224 e. The number of hydrogen-bond acceptors (Lipinski definition) is 3. The molecule has 1 aliphatic rings. The summed E-state index contributed by atoms with van der Waals surface area (Å²) in [6.45, 7) is 5.61. The second-order valence-electron chi connectivity index (χ2n) is 4.24. The predicted octanol–water partition coefficient (Wildman–Crippen LogP) is 2.75. The minimum Gasteiger partial charge on any atom is -0.354 e. The Balaban J connectivity index is 2.22. The summed E-state index contributed by atoms with van der Waals surface area (Å²) in [5.74, 6) is 1.67. The molecule has 3 nitrogen and oxygen atoms in total. The van der Waals surface area contributed by atoms with Gasteiger partial charge in [-0.15, -0.1) is 0 Å². The van der Waals surface area contributed by atoms with E-state index in [1.54, 1.807) is 6.20 Å². The van der Waals surface area contributed by atoms with Crippen LogP contribution in [0.25, 0.3) is 0 Å². The zero-order valence-electron chi connectivity index (χ0n) is 9.15. The van der Waals surface area contributed by atoms with Crippen LogP contribution in [-0.2, 0) is 0 Å².